The molecule has 2 aliphatic carbocycles. The van der Waals surface area contributed by atoms with Crippen LogP contribution in [-0.2, 0) is 0 Å². The molecule has 5 heteroatoms. The van der Waals surface area contributed by atoms with Crippen LogP contribution in [0.1, 0.15) is 41.7 Å². The second kappa shape index (κ2) is 2.56. The Labute approximate surface area is 80.1 Å². The summed E-state index contributed by atoms with van der Waals surface area (Å²) < 4.78 is 4.94. The van der Waals surface area contributed by atoms with Gasteiger partial charge in [0.25, 0.3) is 5.82 Å². The summed E-state index contributed by atoms with van der Waals surface area (Å²) in [5.41, 5.74) is 0. The first-order valence-corrected chi connectivity index (χ1v) is 4.84. The third-order valence-electron chi connectivity index (χ3n) is 3.32. The van der Waals surface area contributed by atoms with Crippen molar-refractivity contribution in [1.29, 1.82) is 0 Å². The zero-order valence-corrected chi connectivity index (χ0v) is 7.51. The number of aromatic carboxylic acids is 1. The standard InChI is InChI=1S/C9H10N2O3/c12-9(13)7-10-8(14-11-7)6-4-2-1-3-5(4)6/h4-6H,1-3H2,(H,12,13). The van der Waals surface area contributed by atoms with E-state index in [0.717, 1.165) is 0 Å². The number of fused-ring (bicyclic) bond motifs is 1. The van der Waals surface area contributed by atoms with E-state index in [1.54, 1.807) is 0 Å². The van der Waals surface area contributed by atoms with Crippen LogP contribution in [0.2, 0.25) is 0 Å². The van der Waals surface area contributed by atoms with Crippen LogP contribution < -0.4 is 0 Å². The molecule has 0 bridgehead atoms. The number of hydrogen-bond acceptors (Lipinski definition) is 4. The zero-order chi connectivity index (χ0) is 9.71. The normalized spacial score (nSPS) is 34.1. The van der Waals surface area contributed by atoms with Crippen molar-refractivity contribution in [3.8, 4) is 0 Å². The maximum Gasteiger partial charge on any atom is 0.377 e. The Hall–Kier alpha value is -1.39. The molecule has 0 aliphatic heterocycles. The van der Waals surface area contributed by atoms with Crippen molar-refractivity contribution >= 4 is 5.97 Å². The van der Waals surface area contributed by atoms with Crippen molar-refractivity contribution in [2.45, 2.75) is 25.2 Å². The molecule has 1 heterocycles. The van der Waals surface area contributed by atoms with Gasteiger partial charge in [-0.05, 0) is 29.8 Å². The molecule has 1 aromatic heterocycles. The fourth-order valence-corrected chi connectivity index (χ4v) is 2.65. The molecule has 3 rings (SSSR count). The van der Waals surface area contributed by atoms with Gasteiger partial charge in [0.15, 0.2) is 0 Å². The van der Waals surface area contributed by atoms with Crippen LogP contribution in [0, 0.1) is 11.8 Å². The Kier molecular flexibility index (Phi) is 1.45. The largest absolute Gasteiger partial charge is 0.475 e. The topological polar surface area (TPSA) is 76.2 Å². The first-order chi connectivity index (χ1) is 6.77. The molecule has 2 atom stereocenters. The van der Waals surface area contributed by atoms with Crippen LogP contribution in [0.5, 0.6) is 0 Å². The van der Waals surface area contributed by atoms with Gasteiger partial charge in [-0.3, -0.25) is 0 Å². The molecule has 0 aromatic carbocycles. The molecular formula is C9H10N2O3. The van der Waals surface area contributed by atoms with E-state index in [1.807, 2.05) is 0 Å². The monoisotopic (exact) mass is 194 g/mol. The summed E-state index contributed by atoms with van der Waals surface area (Å²) in [7, 11) is 0. The third-order valence-corrected chi connectivity index (χ3v) is 3.32. The maximum absolute atomic E-state index is 10.5. The Morgan fingerprint density at radius 2 is 2.14 bits per heavy atom. The Morgan fingerprint density at radius 1 is 1.43 bits per heavy atom. The minimum Gasteiger partial charge on any atom is -0.475 e. The Balaban J connectivity index is 1.82. The van der Waals surface area contributed by atoms with E-state index in [4.69, 9.17) is 9.63 Å². The van der Waals surface area contributed by atoms with Gasteiger partial charge in [0.1, 0.15) is 0 Å². The fourth-order valence-electron chi connectivity index (χ4n) is 2.65. The van der Waals surface area contributed by atoms with Gasteiger partial charge in [-0.1, -0.05) is 6.42 Å². The molecule has 2 unspecified atom stereocenters. The van der Waals surface area contributed by atoms with Gasteiger partial charge in [-0.15, -0.1) is 0 Å². The lowest BCUT2D eigenvalue weighted by molar-refractivity contribution is 0.0680. The smallest absolute Gasteiger partial charge is 0.377 e. The second-order valence-corrected chi connectivity index (χ2v) is 4.05. The maximum atomic E-state index is 10.5. The van der Waals surface area contributed by atoms with Crippen molar-refractivity contribution in [1.82, 2.24) is 10.1 Å². The fraction of sp³-hybridized carbons (Fsp3) is 0.667. The van der Waals surface area contributed by atoms with E-state index in [2.05, 4.69) is 10.1 Å². The first kappa shape index (κ1) is 7.96. The molecule has 0 saturated heterocycles. The van der Waals surface area contributed by atoms with Crippen LogP contribution >= 0.6 is 0 Å². The molecule has 1 N–H and O–H groups in total. The Morgan fingerprint density at radius 3 is 2.71 bits per heavy atom. The molecule has 0 spiro atoms. The highest BCUT2D eigenvalue weighted by Crippen LogP contribution is 2.62. The minimum atomic E-state index is -1.12. The van der Waals surface area contributed by atoms with Crippen LogP contribution in [0.25, 0.3) is 0 Å². The predicted molar refractivity (Wildman–Crippen MR) is 44.8 cm³/mol. The number of nitrogens with zero attached hydrogens (tertiary/aromatic N) is 2. The molecule has 5 nitrogen and oxygen atoms in total. The number of carboxylic acid groups (broad SMARTS) is 1. The Bertz CT molecular complexity index is 377. The average Bonchev–Trinajstić information content (AvgIpc) is 2.63. The van der Waals surface area contributed by atoms with E-state index < -0.39 is 5.97 Å². The third kappa shape index (κ3) is 0.981. The number of carboxylic acids is 1. The quantitative estimate of drug-likeness (QED) is 0.767. The molecule has 0 amide bonds. The molecular weight excluding hydrogens is 184 g/mol. The number of aromatic nitrogens is 2. The zero-order valence-electron chi connectivity index (χ0n) is 7.51. The molecule has 0 radical (unpaired) electrons. The summed E-state index contributed by atoms with van der Waals surface area (Å²) >= 11 is 0. The highest BCUT2D eigenvalue weighted by Gasteiger charge is 2.56. The van der Waals surface area contributed by atoms with Gasteiger partial charge in [-0.25, -0.2) is 4.79 Å². The lowest BCUT2D eigenvalue weighted by Gasteiger charge is -1.94. The van der Waals surface area contributed by atoms with Crippen LogP contribution in [-0.4, -0.2) is 21.2 Å². The summed E-state index contributed by atoms with van der Waals surface area (Å²) in [4.78, 5) is 14.4. The molecule has 1 aromatic rings. The van der Waals surface area contributed by atoms with Crippen molar-refractivity contribution in [2.75, 3.05) is 0 Å². The second-order valence-electron chi connectivity index (χ2n) is 4.05. The SMILES string of the molecule is O=C(O)c1noc(C2C3CCCC32)n1. The van der Waals surface area contributed by atoms with Crippen molar-refractivity contribution in [2.24, 2.45) is 11.8 Å². The number of hydrogen-bond donors (Lipinski definition) is 1. The highest BCUT2D eigenvalue weighted by atomic mass is 16.5. The predicted octanol–water partition coefficient (Wildman–Crippen LogP) is 1.28. The summed E-state index contributed by atoms with van der Waals surface area (Å²) in [6.07, 6.45) is 3.73. The molecule has 14 heavy (non-hydrogen) atoms. The summed E-state index contributed by atoms with van der Waals surface area (Å²) in [6, 6.07) is 0. The summed E-state index contributed by atoms with van der Waals surface area (Å²) in [6.45, 7) is 0. The average molecular weight is 194 g/mol. The van der Waals surface area contributed by atoms with E-state index in [9.17, 15) is 4.79 Å². The van der Waals surface area contributed by atoms with Crippen LogP contribution in [0.4, 0.5) is 0 Å². The van der Waals surface area contributed by atoms with E-state index in [0.29, 0.717) is 23.6 Å². The molecule has 2 aliphatic rings. The van der Waals surface area contributed by atoms with E-state index in [-0.39, 0.29) is 5.82 Å². The van der Waals surface area contributed by atoms with Gasteiger partial charge in [0, 0.05) is 5.92 Å². The van der Waals surface area contributed by atoms with Crippen molar-refractivity contribution in [3.05, 3.63) is 11.7 Å². The van der Waals surface area contributed by atoms with Crippen molar-refractivity contribution < 1.29 is 14.4 Å². The lowest BCUT2D eigenvalue weighted by Crippen LogP contribution is -1.99. The van der Waals surface area contributed by atoms with Gasteiger partial charge in [-0.2, -0.15) is 4.98 Å². The van der Waals surface area contributed by atoms with Crippen LogP contribution in [0.15, 0.2) is 4.52 Å². The van der Waals surface area contributed by atoms with Gasteiger partial charge < -0.3 is 9.63 Å². The lowest BCUT2D eigenvalue weighted by atomic mass is 10.1. The van der Waals surface area contributed by atoms with Crippen LogP contribution in [0.3, 0.4) is 0 Å². The summed E-state index contributed by atoms with van der Waals surface area (Å²) in [5, 5.41) is 12.0. The van der Waals surface area contributed by atoms with Gasteiger partial charge in [0.2, 0.25) is 5.89 Å². The molecule has 2 fully saturated rings. The number of rotatable bonds is 2. The van der Waals surface area contributed by atoms with Crippen molar-refractivity contribution in [3.63, 3.8) is 0 Å². The first-order valence-electron chi connectivity index (χ1n) is 4.84. The minimum absolute atomic E-state index is 0.218. The van der Waals surface area contributed by atoms with Gasteiger partial charge in [0.05, 0.1) is 0 Å². The highest BCUT2D eigenvalue weighted by molar-refractivity contribution is 5.82. The van der Waals surface area contributed by atoms with E-state index in [1.165, 1.54) is 19.3 Å². The van der Waals surface area contributed by atoms with E-state index >= 15 is 0 Å². The van der Waals surface area contributed by atoms with Gasteiger partial charge >= 0.3 is 5.97 Å². The number of carbonyl (C=O) groups is 1. The molecule has 74 valence electrons. The molecule has 2 saturated carbocycles. The summed E-state index contributed by atoms with van der Waals surface area (Å²) in [5.74, 6) is 0.895.